The highest BCUT2D eigenvalue weighted by Crippen LogP contribution is 2.20. The predicted molar refractivity (Wildman–Crippen MR) is 74.7 cm³/mol. The zero-order chi connectivity index (χ0) is 14.4. The van der Waals surface area contributed by atoms with Crippen molar-refractivity contribution in [3.63, 3.8) is 0 Å². The summed E-state index contributed by atoms with van der Waals surface area (Å²) >= 11 is 0. The lowest BCUT2D eigenvalue weighted by atomic mass is 9.92. The van der Waals surface area contributed by atoms with E-state index in [0.717, 1.165) is 6.42 Å². The van der Waals surface area contributed by atoms with Crippen molar-refractivity contribution in [2.45, 2.75) is 6.42 Å². The Bertz CT molecular complexity index is 540. The van der Waals surface area contributed by atoms with E-state index < -0.39 is 5.97 Å². The van der Waals surface area contributed by atoms with Crippen molar-refractivity contribution in [2.24, 2.45) is 5.92 Å². The van der Waals surface area contributed by atoms with Gasteiger partial charge in [0.15, 0.2) is 12.4 Å². The number of hydrogen-bond acceptors (Lipinski definition) is 4. The molecule has 4 nitrogen and oxygen atoms in total. The highest BCUT2D eigenvalue weighted by Gasteiger charge is 2.17. The number of allylic oxidation sites excluding steroid dienone is 4. The first-order valence-corrected chi connectivity index (χ1v) is 6.38. The zero-order valence-corrected chi connectivity index (χ0v) is 11.2. The second kappa shape index (κ2) is 6.70. The van der Waals surface area contributed by atoms with Crippen LogP contribution in [0.25, 0.3) is 0 Å². The largest absolute Gasteiger partial charge is 0.482 e. The summed E-state index contributed by atoms with van der Waals surface area (Å²) in [6.45, 7) is -0.139. The number of ketones is 1. The monoisotopic (exact) mass is 272 g/mol. The summed E-state index contributed by atoms with van der Waals surface area (Å²) in [7, 11) is 1.31. The minimum absolute atomic E-state index is 0.0881. The molecule has 104 valence electrons. The Hall–Kier alpha value is -2.36. The van der Waals surface area contributed by atoms with Gasteiger partial charge < -0.3 is 9.47 Å². The van der Waals surface area contributed by atoms with E-state index in [4.69, 9.17) is 4.74 Å². The normalized spacial score (nSPS) is 16.8. The van der Waals surface area contributed by atoms with E-state index in [1.54, 1.807) is 24.3 Å². The maximum atomic E-state index is 12.2. The van der Waals surface area contributed by atoms with Gasteiger partial charge in [0.25, 0.3) is 0 Å². The maximum Gasteiger partial charge on any atom is 0.343 e. The van der Waals surface area contributed by atoms with Crippen LogP contribution in [-0.2, 0) is 9.53 Å². The van der Waals surface area contributed by atoms with Crippen molar-refractivity contribution in [3.8, 4) is 5.75 Å². The van der Waals surface area contributed by atoms with Crippen molar-refractivity contribution in [3.05, 3.63) is 54.1 Å². The van der Waals surface area contributed by atoms with Gasteiger partial charge in [-0.1, -0.05) is 24.3 Å². The molecule has 0 N–H and O–H groups in total. The topological polar surface area (TPSA) is 52.6 Å². The molecule has 0 aromatic heterocycles. The van der Waals surface area contributed by atoms with Crippen LogP contribution in [0.5, 0.6) is 5.75 Å². The van der Waals surface area contributed by atoms with Crippen LogP contribution in [0.3, 0.4) is 0 Å². The van der Waals surface area contributed by atoms with Gasteiger partial charge in [-0.3, -0.25) is 4.79 Å². The lowest BCUT2D eigenvalue weighted by Gasteiger charge is -2.12. The van der Waals surface area contributed by atoms with E-state index in [9.17, 15) is 9.59 Å². The Labute approximate surface area is 117 Å². The summed E-state index contributed by atoms with van der Waals surface area (Å²) < 4.78 is 9.71. The fraction of sp³-hybridized carbons (Fsp3) is 0.250. The highest BCUT2D eigenvalue weighted by atomic mass is 16.6. The molecular weight excluding hydrogens is 256 g/mol. The van der Waals surface area contributed by atoms with Gasteiger partial charge in [-0.25, -0.2) is 4.79 Å². The number of rotatable bonds is 5. The first-order chi connectivity index (χ1) is 9.70. The van der Waals surface area contributed by atoms with E-state index in [1.165, 1.54) is 7.11 Å². The molecular formula is C16H16O4. The second-order valence-corrected chi connectivity index (χ2v) is 4.41. The number of esters is 1. The Balaban J connectivity index is 1.97. The molecule has 0 saturated heterocycles. The number of ether oxygens (including phenoxy) is 2. The Morgan fingerprint density at radius 3 is 2.55 bits per heavy atom. The van der Waals surface area contributed by atoms with Gasteiger partial charge in [0.05, 0.1) is 7.11 Å². The van der Waals surface area contributed by atoms with Crippen molar-refractivity contribution in [1.82, 2.24) is 0 Å². The first-order valence-electron chi connectivity index (χ1n) is 6.38. The van der Waals surface area contributed by atoms with Crippen molar-refractivity contribution in [2.75, 3.05) is 13.7 Å². The van der Waals surface area contributed by atoms with Gasteiger partial charge in [-0.05, 0) is 30.7 Å². The molecule has 0 radical (unpaired) electrons. The summed E-state index contributed by atoms with van der Waals surface area (Å²) in [6, 6.07) is 6.78. The van der Waals surface area contributed by atoms with Crippen LogP contribution in [0.4, 0.5) is 0 Å². The number of Topliss-reactive ketones (excluding diaryl/α,β-unsaturated/α-hetero) is 1. The van der Waals surface area contributed by atoms with E-state index in [-0.39, 0.29) is 18.3 Å². The number of benzene rings is 1. The van der Waals surface area contributed by atoms with Crippen LogP contribution >= 0.6 is 0 Å². The molecule has 1 aromatic carbocycles. The highest BCUT2D eigenvalue weighted by molar-refractivity contribution is 5.99. The molecule has 1 aliphatic carbocycles. The van der Waals surface area contributed by atoms with Crippen molar-refractivity contribution < 1.29 is 19.1 Å². The van der Waals surface area contributed by atoms with E-state index in [1.807, 2.05) is 24.3 Å². The smallest absolute Gasteiger partial charge is 0.343 e. The van der Waals surface area contributed by atoms with Crippen LogP contribution in [-0.4, -0.2) is 25.5 Å². The molecule has 20 heavy (non-hydrogen) atoms. The van der Waals surface area contributed by atoms with Crippen molar-refractivity contribution >= 4 is 11.8 Å². The molecule has 0 saturated carbocycles. The summed E-state index contributed by atoms with van der Waals surface area (Å²) in [4.78, 5) is 23.2. The average molecular weight is 272 g/mol. The van der Waals surface area contributed by atoms with Gasteiger partial charge in [0.2, 0.25) is 0 Å². The molecule has 0 bridgehead atoms. The molecule has 2 rings (SSSR count). The van der Waals surface area contributed by atoms with Gasteiger partial charge in [0.1, 0.15) is 5.75 Å². The molecule has 0 spiro atoms. The average Bonchev–Trinajstić information content (AvgIpc) is 2.53. The quantitative estimate of drug-likeness (QED) is 0.610. The number of carbonyl (C=O) groups excluding carboxylic acids is 2. The molecule has 1 atom stereocenters. The zero-order valence-electron chi connectivity index (χ0n) is 11.2. The molecule has 0 fully saturated rings. The Morgan fingerprint density at radius 2 is 1.95 bits per heavy atom. The fourth-order valence-corrected chi connectivity index (χ4v) is 1.91. The summed E-state index contributed by atoms with van der Waals surface area (Å²) in [5.74, 6) is 0.0854. The third kappa shape index (κ3) is 3.57. The first kappa shape index (κ1) is 14.1. The van der Waals surface area contributed by atoms with Gasteiger partial charge in [-0.15, -0.1) is 0 Å². The summed E-state index contributed by atoms with van der Waals surface area (Å²) in [5.41, 5.74) is 0.639. The van der Waals surface area contributed by atoms with E-state index in [0.29, 0.717) is 11.3 Å². The molecule has 1 aromatic rings. The SMILES string of the molecule is COC(=O)COc1ccc(C(=O)C2C=CC=CC2)cc1. The number of carbonyl (C=O) groups is 2. The maximum absolute atomic E-state index is 12.2. The standard InChI is InChI=1S/C16H16O4/c1-19-15(17)11-20-14-9-7-13(8-10-14)16(18)12-5-3-2-4-6-12/h2-5,7-10,12H,6,11H2,1H3. The Morgan fingerprint density at radius 1 is 1.20 bits per heavy atom. The van der Waals surface area contributed by atoms with Crippen LogP contribution in [0.2, 0.25) is 0 Å². The minimum atomic E-state index is -0.440. The summed E-state index contributed by atoms with van der Waals surface area (Å²) in [5, 5.41) is 0. The second-order valence-electron chi connectivity index (χ2n) is 4.41. The molecule has 0 amide bonds. The predicted octanol–water partition coefficient (Wildman–Crippen LogP) is 2.55. The van der Waals surface area contributed by atoms with E-state index in [2.05, 4.69) is 4.74 Å². The molecule has 1 unspecified atom stereocenters. The van der Waals surface area contributed by atoms with Crippen LogP contribution in [0, 0.1) is 5.92 Å². The summed E-state index contributed by atoms with van der Waals surface area (Å²) in [6.07, 6.45) is 8.45. The molecule has 1 aliphatic rings. The molecule has 0 heterocycles. The van der Waals surface area contributed by atoms with Gasteiger partial charge >= 0.3 is 5.97 Å². The number of methoxy groups -OCH3 is 1. The lowest BCUT2D eigenvalue weighted by molar-refractivity contribution is -0.142. The van der Waals surface area contributed by atoms with Crippen LogP contribution in [0.15, 0.2) is 48.6 Å². The van der Waals surface area contributed by atoms with Crippen molar-refractivity contribution in [1.29, 1.82) is 0 Å². The lowest BCUT2D eigenvalue weighted by Crippen LogP contribution is -2.14. The Kier molecular flexibility index (Phi) is 4.71. The van der Waals surface area contributed by atoms with Gasteiger partial charge in [0, 0.05) is 11.5 Å². The fourth-order valence-electron chi connectivity index (χ4n) is 1.91. The van der Waals surface area contributed by atoms with Crippen LogP contribution in [0.1, 0.15) is 16.8 Å². The van der Waals surface area contributed by atoms with Crippen LogP contribution < -0.4 is 4.74 Å². The van der Waals surface area contributed by atoms with E-state index >= 15 is 0 Å². The minimum Gasteiger partial charge on any atom is -0.482 e. The number of hydrogen-bond donors (Lipinski definition) is 0. The molecule has 0 aliphatic heterocycles. The molecule has 4 heteroatoms. The third-order valence-corrected chi connectivity index (χ3v) is 3.04. The third-order valence-electron chi connectivity index (χ3n) is 3.04. The van der Waals surface area contributed by atoms with Gasteiger partial charge in [-0.2, -0.15) is 0 Å².